The van der Waals surface area contributed by atoms with Gasteiger partial charge in [0.05, 0.1) is 11.5 Å². The number of anilines is 1. The Morgan fingerprint density at radius 2 is 2.20 bits per heavy atom. The molecule has 1 rings (SSSR count). The average Bonchev–Trinajstić information content (AvgIpc) is 2.83. The lowest BCUT2D eigenvalue weighted by Gasteiger charge is -2.14. The molecule has 114 valence electrons. The van der Waals surface area contributed by atoms with E-state index in [0.717, 1.165) is 17.4 Å². The van der Waals surface area contributed by atoms with Crippen LogP contribution in [0.1, 0.15) is 13.3 Å². The fourth-order valence-corrected chi connectivity index (χ4v) is 4.12. The van der Waals surface area contributed by atoms with E-state index >= 15 is 0 Å². The fraction of sp³-hybridized carbons (Fsp3) is 0.600. The van der Waals surface area contributed by atoms with Crippen molar-refractivity contribution in [1.29, 1.82) is 0 Å². The molecule has 0 aliphatic carbocycles. The second-order valence-electron chi connectivity index (χ2n) is 3.97. The van der Waals surface area contributed by atoms with Gasteiger partial charge in [0.1, 0.15) is 4.21 Å². The molecule has 8 nitrogen and oxygen atoms in total. The Bertz CT molecular complexity index is 569. The molecule has 0 bridgehead atoms. The largest absolute Gasteiger partial charge is 0.383 e. The average molecular weight is 323 g/mol. The third-order valence-electron chi connectivity index (χ3n) is 2.56. The van der Waals surface area contributed by atoms with E-state index in [1.165, 1.54) is 14.2 Å². The molecule has 0 amide bonds. The van der Waals surface area contributed by atoms with Crippen molar-refractivity contribution in [2.75, 3.05) is 26.1 Å². The normalized spacial score (nSPS) is 13.2. The molecular weight excluding hydrogens is 306 g/mol. The zero-order valence-corrected chi connectivity index (χ0v) is 13.0. The molecule has 1 atom stereocenters. The maximum atomic E-state index is 12.2. The van der Waals surface area contributed by atoms with Crippen LogP contribution < -0.4 is 10.0 Å². The van der Waals surface area contributed by atoms with Gasteiger partial charge in [-0.15, -0.1) is 0 Å². The van der Waals surface area contributed by atoms with Gasteiger partial charge in [0, 0.05) is 26.3 Å². The number of methoxy groups -OCH3 is 1. The van der Waals surface area contributed by atoms with E-state index in [1.807, 2.05) is 6.92 Å². The summed E-state index contributed by atoms with van der Waals surface area (Å²) >= 11 is 0.821. The number of thiophene rings is 1. The number of ether oxygens (including phenoxy) is 1. The molecule has 10 heteroatoms. The standard InChI is InChI=1S/C10H17N3O5S2/c1-4-7(6-18-3)12-20(16,17)9-5-8(13(14)15)10(11-2)19-9/h5,7,11-12H,4,6H2,1-3H3. The molecule has 1 aromatic rings. The van der Waals surface area contributed by atoms with Crippen LogP contribution in [0.4, 0.5) is 10.7 Å². The van der Waals surface area contributed by atoms with Gasteiger partial charge in [0.25, 0.3) is 10.0 Å². The molecule has 0 aliphatic heterocycles. The monoisotopic (exact) mass is 323 g/mol. The zero-order valence-electron chi connectivity index (χ0n) is 11.4. The molecule has 0 saturated heterocycles. The molecule has 0 saturated carbocycles. The van der Waals surface area contributed by atoms with Crippen LogP contribution >= 0.6 is 11.3 Å². The molecule has 0 aliphatic rings. The summed E-state index contributed by atoms with van der Waals surface area (Å²) < 4.78 is 31.6. The van der Waals surface area contributed by atoms with Gasteiger partial charge >= 0.3 is 5.69 Å². The molecule has 0 radical (unpaired) electrons. The van der Waals surface area contributed by atoms with Crippen molar-refractivity contribution >= 4 is 32.0 Å². The summed E-state index contributed by atoms with van der Waals surface area (Å²) in [5, 5.41) is 13.7. The molecular formula is C10H17N3O5S2. The fourth-order valence-electron chi connectivity index (χ4n) is 1.52. The predicted octanol–water partition coefficient (Wildman–Crippen LogP) is 1.40. The maximum absolute atomic E-state index is 12.2. The minimum Gasteiger partial charge on any atom is -0.383 e. The number of nitrogens with one attached hydrogen (secondary N) is 2. The first kappa shape index (κ1) is 16.8. The van der Waals surface area contributed by atoms with Gasteiger partial charge in [0.2, 0.25) is 0 Å². The molecule has 20 heavy (non-hydrogen) atoms. The van der Waals surface area contributed by atoms with Crippen LogP contribution in [-0.4, -0.2) is 40.1 Å². The molecule has 1 aromatic heterocycles. The molecule has 2 N–H and O–H groups in total. The van der Waals surface area contributed by atoms with Gasteiger partial charge < -0.3 is 10.1 Å². The summed E-state index contributed by atoms with van der Waals surface area (Å²) in [7, 11) is -0.814. The zero-order chi connectivity index (χ0) is 15.3. The lowest BCUT2D eigenvalue weighted by atomic mass is 10.3. The maximum Gasteiger partial charge on any atom is 0.304 e. The Balaban J connectivity index is 3.06. The van der Waals surface area contributed by atoms with Crippen LogP contribution in [0.5, 0.6) is 0 Å². The third-order valence-corrected chi connectivity index (χ3v) is 5.70. The summed E-state index contributed by atoms with van der Waals surface area (Å²) in [6.45, 7) is 2.06. The Kier molecular flexibility index (Phi) is 5.87. The Hall–Kier alpha value is -1.23. The van der Waals surface area contributed by atoms with Crippen molar-refractivity contribution in [3.63, 3.8) is 0 Å². The summed E-state index contributed by atoms with van der Waals surface area (Å²) in [5.41, 5.74) is -0.252. The summed E-state index contributed by atoms with van der Waals surface area (Å²) in [4.78, 5) is 10.2. The van der Waals surface area contributed by atoms with Crippen molar-refractivity contribution < 1.29 is 18.1 Å². The SMILES string of the molecule is CCC(COC)NS(=O)(=O)c1cc([N+](=O)[O-])c(NC)s1. The van der Waals surface area contributed by atoms with Gasteiger partial charge in [-0.1, -0.05) is 18.3 Å². The van der Waals surface area contributed by atoms with Crippen molar-refractivity contribution in [3.8, 4) is 0 Å². The van der Waals surface area contributed by atoms with Crippen LogP contribution in [0.3, 0.4) is 0 Å². The van der Waals surface area contributed by atoms with E-state index in [1.54, 1.807) is 0 Å². The lowest BCUT2D eigenvalue weighted by Crippen LogP contribution is -2.37. The van der Waals surface area contributed by atoms with E-state index in [9.17, 15) is 18.5 Å². The minimum absolute atomic E-state index is 0.0943. The van der Waals surface area contributed by atoms with Gasteiger partial charge in [-0.05, 0) is 6.42 Å². The van der Waals surface area contributed by atoms with Crippen molar-refractivity contribution in [3.05, 3.63) is 16.2 Å². The number of nitrogens with zero attached hydrogens (tertiary/aromatic N) is 1. The van der Waals surface area contributed by atoms with Crippen molar-refractivity contribution in [2.45, 2.75) is 23.6 Å². The second-order valence-corrected chi connectivity index (χ2v) is 6.96. The van der Waals surface area contributed by atoms with Crippen LogP contribution in [-0.2, 0) is 14.8 Å². The van der Waals surface area contributed by atoms with Gasteiger partial charge in [0.15, 0.2) is 5.00 Å². The highest BCUT2D eigenvalue weighted by Crippen LogP contribution is 2.36. The molecule has 1 unspecified atom stereocenters. The van der Waals surface area contributed by atoms with Gasteiger partial charge in [-0.25, -0.2) is 13.1 Å². The van der Waals surface area contributed by atoms with E-state index < -0.39 is 14.9 Å². The number of rotatable bonds is 8. The van der Waals surface area contributed by atoms with Gasteiger partial charge in [-0.3, -0.25) is 10.1 Å². The smallest absolute Gasteiger partial charge is 0.304 e. The van der Waals surface area contributed by atoms with Crippen LogP contribution in [0.2, 0.25) is 0 Å². The highest BCUT2D eigenvalue weighted by atomic mass is 32.2. The van der Waals surface area contributed by atoms with Gasteiger partial charge in [-0.2, -0.15) is 0 Å². The summed E-state index contributed by atoms with van der Waals surface area (Å²) in [6, 6.07) is 0.683. The number of sulfonamides is 1. The quantitative estimate of drug-likeness (QED) is 0.552. The lowest BCUT2D eigenvalue weighted by molar-refractivity contribution is -0.383. The Labute approximate surface area is 121 Å². The van der Waals surface area contributed by atoms with E-state index in [-0.39, 0.29) is 27.5 Å². The summed E-state index contributed by atoms with van der Waals surface area (Å²) in [5.74, 6) is 0. The highest BCUT2D eigenvalue weighted by Gasteiger charge is 2.27. The predicted molar refractivity (Wildman–Crippen MR) is 76.8 cm³/mol. The Morgan fingerprint density at radius 3 is 2.60 bits per heavy atom. The van der Waals surface area contributed by atoms with E-state index in [2.05, 4.69) is 10.0 Å². The van der Waals surface area contributed by atoms with Crippen molar-refractivity contribution in [1.82, 2.24) is 4.72 Å². The molecule has 0 fully saturated rings. The number of nitro groups is 1. The number of hydrogen-bond acceptors (Lipinski definition) is 7. The van der Waals surface area contributed by atoms with E-state index in [0.29, 0.717) is 6.42 Å². The molecule has 1 heterocycles. The first-order valence-electron chi connectivity index (χ1n) is 5.83. The molecule has 0 aromatic carbocycles. The van der Waals surface area contributed by atoms with Crippen LogP contribution in [0.25, 0.3) is 0 Å². The number of hydrogen-bond donors (Lipinski definition) is 2. The first-order chi connectivity index (χ1) is 9.35. The van der Waals surface area contributed by atoms with Crippen LogP contribution in [0.15, 0.2) is 10.3 Å². The Morgan fingerprint density at radius 1 is 1.55 bits per heavy atom. The van der Waals surface area contributed by atoms with E-state index in [4.69, 9.17) is 4.74 Å². The van der Waals surface area contributed by atoms with Crippen molar-refractivity contribution in [2.24, 2.45) is 0 Å². The minimum atomic E-state index is -3.80. The highest BCUT2D eigenvalue weighted by molar-refractivity contribution is 7.91. The topological polar surface area (TPSA) is 111 Å². The first-order valence-corrected chi connectivity index (χ1v) is 8.12. The van der Waals surface area contributed by atoms with Crippen LogP contribution in [0, 0.1) is 10.1 Å². The second kappa shape index (κ2) is 6.97. The summed E-state index contributed by atoms with van der Waals surface area (Å²) in [6.07, 6.45) is 0.555. The third kappa shape index (κ3) is 3.88. The molecule has 0 spiro atoms.